The molecule has 1 rings (SSSR count). The summed E-state index contributed by atoms with van der Waals surface area (Å²) in [7, 11) is 0. The van der Waals surface area contributed by atoms with Gasteiger partial charge in [-0.05, 0) is 19.1 Å². The summed E-state index contributed by atoms with van der Waals surface area (Å²) in [6.07, 6.45) is 0.528. The molecule has 0 spiro atoms. The van der Waals surface area contributed by atoms with Crippen molar-refractivity contribution in [1.29, 1.82) is 0 Å². The topological polar surface area (TPSA) is 70.9 Å². The van der Waals surface area contributed by atoms with Crippen LogP contribution in [0.3, 0.4) is 0 Å². The molecule has 0 atom stereocenters. The molecule has 92 valence electrons. The molecule has 0 heterocycles. The van der Waals surface area contributed by atoms with Gasteiger partial charge in [0.1, 0.15) is 5.75 Å². The SMILES string of the molecule is CCOC(=O)N/N=C/c1cc(Cl)cc(Cl)c1O. The Morgan fingerprint density at radius 1 is 1.59 bits per heavy atom. The molecule has 0 aromatic heterocycles. The van der Waals surface area contributed by atoms with Crippen LogP contribution >= 0.6 is 23.2 Å². The minimum Gasteiger partial charge on any atom is -0.506 e. The number of carbonyl (C=O) groups excluding carboxylic acids is 1. The largest absolute Gasteiger partial charge is 0.506 e. The molecule has 0 aliphatic carbocycles. The van der Waals surface area contributed by atoms with Crippen molar-refractivity contribution in [3.8, 4) is 5.75 Å². The Labute approximate surface area is 108 Å². The average Bonchev–Trinajstić information content (AvgIpc) is 2.25. The molecule has 1 aromatic rings. The van der Waals surface area contributed by atoms with Crippen LogP contribution in [0.15, 0.2) is 17.2 Å². The number of phenolic OH excluding ortho intramolecular Hbond substituents is 1. The van der Waals surface area contributed by atoms with Crippen molar-refractivity contribution in [1.82, 2.24) is 5.43 Å². The molecule has 0 saturated carbocycles. The van der Waals surface area contributed by atoms with Gasteiger partial charge in [-0.1, -0.05) is 23.2 Å². The summed E-state index contributed by atoms with van der Waals surface area (Å²) in [5, 5.41) is 13.6. The summed E-state index contributed by atoms with van der Waals surface area (Å²) >= 11 is 11.4. The van der Waals surface area contributed by atoms with E-state index < -0.39 is 6.09 Å². The van der Waals surface area contributed by atoms with Crippen LogP contribution in [0.5, 0.6) is 5.75 Å². The molecule has 2 N–H and O–H groups in total. The summed E-state index contributed by atoms with van der Waals surface area (Å²) in [4.78, 5) is 10.9. The molecule has 17 heavy (non-hydrogen) atoms. The van der Waals surface area contributed by atoms with E-state index >= 15 is 0 Å². The number of hydrazone groups is 1. The first-order valence-electron chi connectivity index (χ1n) is 4.68. The van der Waals surface area contributed by atoms with E-state index in [-0.39, 0.29) is 17.4 Å². The van der Waals surface area contributed by atoms with Crippen molar-refractivity contribution >= 4 is 35.5 Å². The van der Waals surface area contributed by atoms with Crippen LogP contribution in [0.1, 0.15) is 12.5 Å². The second-order valence-electron chi connectivity index (χ2n) is 2.92. The molecule has 0 bridgehead atoms. The van der Waals surface area contributed by atoms with E-state index in [9.17, 15) is 9.90 Å². The van der Waals surface area contributed by atoms with E-state index in [0.29, 0.717) is 10.6 Å². The van der Waals surface area contributed by atoms with E-state index in [2.05, 4.69) is 15.3 Å². The summed E-state index contributed by atoms with van der Waals surface area (Å²) in [6.45, 7) is 1.92. The number of ether oxygens (including phenoxy) is 1. The van der Waals surface area contributed by atoms with E-state index in [0.717, 1.165) is 0 Å². The standard InChI is InChI=1S/C10H10Cl2N2O3/c1-2-17-10(16)14-13-5-6-3-7(11)4-8(12)9(6)15/h3-5,15H,2H2,1H3,(H,14,16)/b13-5+. The van der Waals surface area contributed by atoms with Gasteiger partial charge in [-0.25, -0.2) is 10.2 Å². The lowest BCUT2D eigenvalue weighted by Gasteiger charge is -2.02. The van der Waals surface area contributed by atoms with Crippen molar-refractivity contribution < 1.29 is 14.6 Å². The molecule has 0 aliphatic rings. The Balaban J connectivity index is 2.74. The van der Waals surface area contributed by atoms with Crippen LogP contribution in [0, 0.1) is 0 Å². The van der Waals surface area contributed by atoms with E-state index in [1.165, 1.54) is 18.3 Å². The van der Waals surface area contributed by atoms with Crippen molar-refractivity contribution in [3.63, 3.8) is 0 Å². The van der Waals surface area contributed by atoms with Crippen LogP contribution in [-0.4, -0.2) is 24.0 Å². The third kappa shape index (κ3) is 4.13. The summed E-state index contributed by atoms with van der Waals surface area (Å²) in [5.74, 6) is -0.162. The maximum Gasteiger partial charge on any atom is 0.427 e. The van der Waals surface area contributed by atoms with Crippen LogP contribution in [0.25, 0.3) is 0 Å². The van der Waals surface area contributed by atoms with Gasteiger partial charge in [-0.2, -0.15) is 5.10 Å². The fourth-order valence-electron chi connectivity index (χ4n) is 1.00. The number of carbonyl (C=O) groups is 1. The first kappa shape index (κ1) is 13.6. The predicted octanol–water partition coefficient (Wildman–Crippen LogP) is 2.78. The maximum atomic E-state index is 10.9. The molecule has 1 aromatic carbocycles. The van der Waals surface area contributed by atoms with Gasteiger partial charge in [0, 0.05) is 10.6 Å². The summed E-state index contributed by atoms with van der Waals surface area (Å²) in [5.41, 5.74) is 2.40. The maximum absolute atomic E-state index is 10.9. The van der Waals surface area contributed by atoms with Gasteiger partial charge in [0.05, 0.1) is 17.8 Å². The zero-order chi connectivity index (χ0) is 12.8. The van der Waals surface area contributed by atoms with Crippen LogP contribution in [-0.2, 0) is 4.74 Å². The van der Waals surface area contributed by atoms with Gasteiger partial charge in [-0.15, -0.1) is 0 Å². The highest BCUT2D eigenvalue weighted by Crippen LogP contribution is 2.29. The van der Waals surface area contributed by atoms with Crippen LogP contribution < -0.4 is 5.43 Å². The molecule has 5 nitrogen and oxygen atoms in total. The molecule has 0 unspecified atom stereocenters. The zero-order valence-electron chi connectivity index (χ0n) is 8.91. The fourth-order valence-corrected chi connectivity index (χ4v) is 1.51. The van der Waals surface area contributed by atoms with Crippen molar-refractivity contribution in [2.75, 3.05) is 6.61 Å². The minimum absolute atomic E-state index is 0.107. The number of halogens is 2. The third-order valence-corrected chi connectivity index (χ3v) is 2.20. The number of amides is 1. The van der Waals surface area contributed by atoms with Gasteiger partial charge in [0.25, 0.3) is 0 Å². The molecule has 0 radical (unpaired) electrons. The fraction of sp³-hybridized carbons (Fsp3) is 0.200. The zero-order valence-corrected chi connectivity index (χ0v) is 10.4. The lowest BCUT2D eigenvalue weighted by Crippen LogP contribution is -2.18. The highest BCUT2D eigenvalue weighted by atomic mass is 35.5. The smallest absolute Gasteiger partial charge is 0.427 e. The van der Waals surface area contributed by atoms with Crippen molar-refractivity contribution in [2.45, 2.75) is 6.92 Å². The number of benzene rings is 1. The molecule has 1 amide bonds. The quantitative estimate of drug-likeness (QED) is 0.659. The molecule has 7 heteroatoms. The lowest BCUT2D eigenvalue weighted by atomic mass is 10.2. The molecule has 0 aliphatic heterocycles. The monoisotopic (exact) mass is 276 g/mol. The van der Waals surface area contributed by atoms with Crippen LogP contribution in [0.2, 0.25) is 10.0 Å². The van der Waals surface area contributed by atoms with Gasteiger partial charge in [0.2, 0.25) is 0 Å². The number of aromatic hydroxyl groups is 1. The highest BCUT2D eigenvalue weighted by Gasteiger charge is 2.06. The molecule has 0 saturated heterocycles. The van der Waals surface area contributed by atoms with Gasteiger partial charge >= 0.3 is 6.09 Å². The van der Waals surface area contributed by atoms with Gasteiger partial charge in [-0.3, -0.25) is 0 Å². The Hall–Kier alpha value is -1.46. The Morgan fingerprint density at radius 2 is 2.29 bits per heavy atom. The Morgan fingerprint density at radius 3 is 2.94 bits per heavy atom. The first-order valence-corrected chi connectivity index (χ1v) is 5.44. The number of phenols is 1. The normalized spacial score (nSPS) is 10.5. The first-order chi connectivity index (χ1) is 8.04. The third-order valence-electron chi connectivity index (χ3n) is 1.69. The van der Waals surface area contributed by atoms with E-state index in [4.69, 9.17) is 23.2 Å². The second kappa shape index (κ2) is 6.32. The number of nitrogens with zero attached hydrogens (tertiary/aromatic N) is 1. The minimum atomic E-state index is -0.684. The number of hydrogen-bond donors (Lipinski definition) is 2. The van der Waals surface area contributed by atoms with E-state index in [1.807, 2.05) is 0 Å². The lowest BCUT2D eigenvalue weighted by molar-refractivity contribution is 0.152. The Kier molecular flexibility index (Phi) is 5.06. The Bertz CT molecular complexity index is 449. The summed E-state index contributed by atoms with van der Waals surface area (Å²) in [6, 6.07) is 2.85. The molecular weight excluding hydrogens is 267 g/mol. The highest BCUT2D eigenvalue weighted by molar-refractivity contribution is 6.36. The van der Waals surface area contributed by atoms with Crippen molar-refractivity contribution in [3.05, 3.63) is 27.7 Å². The van der Waals surface area contributed by atoms with Crippen LogP contribution in [0.4, 0.5) is 4.79 Å². The predicted molar refractivity (Wildman–Crippen MR) is 65.9 cm³/mol. The number of rotatable bonds is 3. The molecular formula is C10H10Cl2N2O3. The van der Waals surface area contributed by atoms with Gasteiger partial charge in [0.15, 0.2) is 0 Å². The van der Waals surface area contributed by atoms with Crippen molar-refractivity contribution in [2.24, 2.45) is 5.10 Å². The number of nitrogens with one attached hydrogen (secondary N) is 1. The number of hydrogen-bond acceptors (Lipinski definition) is 4. The second-order valence-corrected chi connectivity index (χ2v) is 3.76. The average molecular weight is 277 g/mol. The molecule has 0 fully saturated rings. The summed E-state index contributed by atoms with van der Waals surface area (Å²) < 4.78 is 4.58. The van der Waals surface area contributed by atoms with Gasteiger partial charge < -0.3 is 9.84 Å². The van der Waals surface area contributed by atoms with E-state index in [1.54, 1.807) is 6.92 Å².